The Kier molecular flexibility index (Phi) is 3.94. The molecule has 2 aromatic heterocycles. The van der Waals surface area contributed by atoms with Crippen LogP contribution in [0.2, 0.25) is 0 Å². The Bertz CT molecular complexity index is 638. The average molecular weight is 303 g/mol. The lowest BCUT2D eigenvalue weighted by Gasteiger charge is -2.15. The summed E-state index contributed by atoms with van der Waals surface area (Å²) in [4.78, 5) is 25.7. The van der Waals surface area contributed by atoms with Crippen molar-refractivity contribution in [3.8, 4) is 10.8 Å². The highest BCUT2D eigenvalue weighted by Crippen LogP contribution is 2.32. The molecule has 0 radical (unpaired) electrons. The van der Waals surface area contributed by atoms with Crippen LogP contribution in [-0.4, -0.2) is 33.4 Å². The highest BCUT2D eigenvalue weighted by atomic mass is 32.1. The summed E-state index contributed by atoms with van der Waals surface area (Å²) in [6.45, 7) is 2.30. The fraction of sp³-hybridized carbons (Fsp3) is 0.429. The van der Waals surface area contributed by atoms with E-state index in [1.807, 2.05) is 6.92 Å². The maximum Gasteiger partial charge on any atom is 0.263 e. The molecule has 0 bridgehead atoms. The number of aromatic nitrogens is 3. The number of amides is 1. The van der Waals surface area contributed by atoms with E-state index in [9.17, 15) is 4.79 Å². The molecule has 1 aliphatic carbocycles. The Labute approximate surface area is 126 Å². The third-order valence-corrected chi connectivity index (χ3v) is 4.67. The largest absolute Gasteiger partial charge is 0.347 e. The first kappa shape index (κ1) is 14.1. The predicted octanol–water partition coefficient (Wildman–Crippen LogP) is 1.38. The van der Waals surface area contributed by atoms with Crippen LogP contribution in [0.25, 0.3) is 10.8 Å². The summed E-state index contributed by atoms with van der Waals surface area (Å²) in [7, 11) is 0. The molecule has 1 saturated carbocycles. The Morgan fingerprint density at radius 1 is 1.48 bits per heavy atom. The van der Waals surface area contributed by atoms with Gasteiger partial charge in [0, 0.05) is 25.0 Å². The molecule has 2 aromatic rings. The number of rotatable bonds is 5. The van der Waals surface area contributed by atoms with E-state index in [1.54, 1.807) is 18.5 Å². The Balaban J connectivity index is 1.79. The lowest BCUT2D eigenvalue weighted by atomic mass is 10.2. The molecule has 110 valence electrons. The molecule has 2 heterocycles. The minimum Gasteiger partial charge on any atom is -0.347 e. The zero-order valence-corrected chi connectivity index (χ0v) is 12.6. The normalized spacial score (nSPS) is 15.7. The molecule has 1 amide bonds. The van der Waals surface area contributed by atoms with Gasteiger partial charge in [0.15, 0.2) is 10.8 Å². The third kappa shape index (κ3) is 3.08. The first-order chi connectivity index (χ1) is 10.2. The number of nitrogens with zero attached hydrogens (tertiary/aromatic N) is 3. The maximum atomic E-state index is 12.4. The molecule has 1 unspecified atom stereocenters. The molecule has 21 heavy (non-hydrogen) atoms. The second-order valence-electron chi connectivity index (χ2n) is 5.16. The molecular formula is C14H17N5OS. The molecule has 3 N–H and O–H groups in total. The summed E-state index contributed by atoms with van der Waals surface area (Å²) in [6.07, 6.45) is 5.62. The van der Waals surface area contributed by atoms with E-state index in [0.717, 1.165) is 12.8 Å². The minimum atomic E-state index is -0.102. The summed E-state index contributed by atoms with van der Waals surface area (Å²) in [5.41, 5.74) is 6.43. The molecule has 3 rings (SSSR count). The summed E-state index contributed by atoms with van der Waals surface area (Å²) in [5.74, 6) is 0.973. The van der Waals surface area contributed by atoms with Crippen LogP contribution in [-0.2, 0) is 0 Å². The fourth-order valence-electron chi connectivity index (χ4n) is 2.21. The highest BCUT2D eigenvalue weighted by molar-refractivity contribution is 7.17. The SMILES string of the molecule is Cc1nc(-c2ncccn2)sc1C(=O)NC(CN)C1CC1. The summed E-state index contributed by atoms with van der Waals surface area (Å²) in [6, 6.07) is 1.81. The van der Waals surface area contributed by atoms with Gasteiger partial charge in [-0.3, -0.25) is 4.79 Å². The van der Waals surface area contributed by atoms with Crippen molar-refractivity contribution < 1.29 is 4.79 Å². The predicted molar refractivity (Wildman–Crippen MR) is 80.9 cm³/mol. The van der Waals surface area contributed by atoms with Crippen LogP contribution in [0.15, 0.2) is 18.5 Å². The van der Waals surface area contributed by atoms with E-state index in [0.29, 0.717) is 33.9 Å². The number of carbonyl (C=O) groups excluding carboxylic acids is 1. The van der Waals surface area contributed by atoms with Crippen LogP contribution >= 0.6 is 11.3 Å². The van der Waals surface area contributed by atoms with Crippen LogP contribution in [0.3, 0.4) is 0 Å². The third-order valence-electron chi connectivity index (χ3n) is 3.52. The van der Waals surface area contributed by atoms with Crippen LogP contribution in [0.1, 0.15) is 28.2 Å². The van der Waals surface area contributed by atoms with Gasteiger partial charge in [-0.2, -0.15) is 0 Å². The van der Waals surface area contributed by atoms with Crippen molar-refractivity contribution in [3.63, 3.8) is 0 Å². The van der Waals surface area contributed by atoms with Crippen molar-refractivity contribution in [2.45, 2.75) is 25.8 Å². The number of carbonyl (C=O) groups is 1. The van der Waals surface area contributed by atoms with Crippen molar-refractivity contribution in [2.75, 3.05) is 6.54 Å². The number of thiazole rings is 1. The zero-order chi connectivity index (χ0) is 14.8. The quantitative estimate of drug-likeness (QED) is 0.870. The van der Waals surface area contributed by atoms with Gasteiger partial charge in [0.05, 0.1) is 5.69 Å². The van der Waals surface area contributed by atoms with E-state index in [1.165, 1.54) is 11.3 Å². The Morgan fingerprint density at radius 3 is 2.81 bits per heavy atom. The molecule has 1 aliphatic rings. The Morgan fingerprint density at radius 2 is 2.19 bits per heavy atom. The van der Waals surface area contributed by atoms with Crippen LogP contribution < -0.4 is 11.1 Å². The molecule has 1 atom stereocenters. The molecule has 0 saturated heterocycles. The van der Waals surface area contributed by atoms with Gasteiger partial charge in [0.1, 0.15) is 4.88 Å². The smallest absolute Gasteiger partial charge is 0.263 e. The van der Waals surface area contributed by atoms with Gasteiger partial charge in [-0.05, 0) is 31.7 Å². The van der Waals surface area contributed by atoms with Crippen LogP contribution in [0, 0.1) is 12.8 Å². The summed E-state index contributed by atoms with van der Waals surface area (Å²) >= 11 is 1.32. The molecule has 0 aliphatic heterocycles. The van der Waals surface area contributed by atoms with Crippen molar-refractivity contribution in [1.82, 2.24) is 20.3 Å². The van der Waals surface area contributed by atoms with Crippen molar-refractivity contribution in [2.24, 2.45) is 11.7 Å². The number of hydrogen-bond acceptors (Lipinski definition) is 6. The van der Waals surface area contributed by atoms with Gasteiger partial charge in [0.2, 0.25) is 0 Å². The molecule has 6 nitrogen and oxygen atoms in total. The number of nitrogens with one attached hydrogen (secondary N) is 1. The molecule has 0 aromatic carbocycles. The second-order valence-corrected chi connectivity index (χ2v) is 6.16. The van der Waals surface area contributed by atoms with Gasteiger partial charge in [0.25, 0.3) is 5.91 Å². The topological polar surface area (TPSA) is 93.8 Å². The molecule has 0 spiro atoms. The number of hydrogen-bond donors (Lipinski definition) is 2. The van der Waals surface area contributed by atoms with Crippen LogP contribution in [0.5, 0.6) is 0 Å². The van der Waals surface area contributed by atoms with Gasteiger partial charge in [-0.1, -0.05) is 0 Å². The second kappa shape index (κ2) is 5.87. The molecule has 7 heteroatoms. The van der Waals surface area contributed by atoms with E-state index < -0.39 is 0 Å². The summed E-state index contributed by atoms with van der Waals surface area (Å²) < 4.78 is 0. The highest BCUT2D eigenvalue weighted by Gasteiger charge is 2.32. The standard InChI is InChI=1S/C14H17N5OS/c1-8-11(13(20)19-10(7-15)9-3-4-9)21-14(18-8)12-16-5-2-6-17-12/h2,5-6,9-10H,3-4,7,15H2,1H3,(H,19,20). The number of aryl methyl sites for hydroxylation is 1. The summed E-state index contributed by atoms with van der Waals surface area (Å²) in [5, 5.41) is 3.68. The van der Waals surface area contributed by atoms with Crippen molar-refractivity contribution in [3.05, 3.63) is 29.0 Å². The lowest BCUT2D eigenvalue weighted by Crippen LogP contribution is -2.41. The van der Waals surface area contributed by atoms with Gasteiger partial charge < -0.3 is 11.1 Å². The molecule has 1 fully saturated rings. The fourth-order valence-corrected chi connectivity index (χ4v) is 3.13. The van der Waals surface area contributed by atoms with Crippen molar-refractivity contribution in [1.29, 1.82) is 0 Å². The first-order valence-electron chi connectivity index (χ1n) is 6.94. The first-order valence-corrected chi connectivity index (χ1v) is 7.76. The molecular weight excluding hydrogens is 286 g/mol. The maximum absolute atomic E-state index is 12.4. The monoisotopic (exact) mass is 303 g/mol. The zero-order valence-electron chi connectivity index (χ0n) is 11.7. The van der Waals surface area contributed by atoms with Gasteiger partial charge in [-0.25, -0.2) is 15.0 Å². The van der Waals surface area contributed by atoms with Gasteiger partial charge in [-0.15, -0.1) is 11.3 Å². The van der Waals surface area contributed by atoms with E-state index in [-0.39, 0.29) is 11.9 Å². The van der Waals surface area contributed by atoms with Crippen molar-refractivity contribution >= 4 is 17.2 Å². The van der Waals surface area contributed by atoms with E-state index in [4.69, 9.17) is 5.73 Å². The van der Waals surface area contributed by atoms with Gasteiger partial charge >= 0.3 is 0 Å². The lowest BCUT2D eigenvalue weighted by molar-refractivity contribution is 0.0937. The van der Waals surface area contributed by atoms with E-state index in [2.05, 4.69) is 20.3 Å². The average Bonchev–Trinajstić information content (AvgIpc) is 3.27. The minimum absolute atomic E-state index is 0.0652. The number of nitrogens with two attached hydrogens (primary N) is 1. The van der Waals surface area contributed by atoms with Crippen LogP contribution in [0.4, 0.5) is 0 Å². The Hall–Kier alpha value is -1.86. The van der Waals surface area contributed by atoms with E-state index >= 15 is 0 Å².